The Morgan fingerprint density at radius 2 is 1.74 bits per heavy atom. The summed E-state index contributed by atoms with van der Waals surface area (Å²) in [5.74, 6) is 3.12. The number of imidazole rings is 1. The van der Waals surface area contributed by atoms with Crippen molar-refractivity contribution >= 4 is 45.7 Å². The standard InChI is InChI=1S/C21H19Cl2N5O3/c1-29-16-7-13(8-17(30-2)19(16)31-3)28-10-18(24-11-28)26-20-14-5-4-12(9-22)6-15(14)25-21(23)27-20/h4-8,10-11H,9H2,1-3H3,(H,25,26,27). The van der Waals surface area contributed by atoms with Crippen molar-refractivity contribution in [2.75, 3.05) is 26.6 Å². The van der Waals surface area contributed by atoms with E-state index in [2.05, 4.69) is 20.3 Å². The molecule has 0 aliphatic carbocycles. The molecule has 2 aromatic carbocycles. The monoisotopic (exact) mass is 459 g/mol. The second kappa shape index (κ2) is 8.87. The molecule has 0 aliphatic rings. The zero-order valence-corrected chi connectivity index (χ0v) is 18.5. The van der Waals surface area contributed by atoms with Gasteiger partial charge in [0, 0.05) is 23.4 Å². The molecule has 0 fully saturated rings. The minimum Gasteiger partial charge on any atom is -0.493 e. The first-order valence-electron chi connectivity index (χ1n) is 9.19. The maximum absolute atomic E-state index is 6.12. The zero-order chi connectivity index (χ0) is 22.0. The van der Waals surface area contributed by atoms with Gasteiger partial charge in [0.2, 0.25) is 11.0 Å². The van der Waals surface area contributed by atoms with Crippen LogP contribution in [0.1, 0.15) is 5.56 Å². The number of hydrogen-bond donors (Lipinski definition) is 1. The average molecular weight is 460 g/mol. The Bertz CT molecular complexity index is 1220. The number of ether oxygens (including phenoxy) is 3. The lowest BCUT2D eigenvalue weighted by Gasteiger charge is -2.14. The van der Waals surface area contributed by atoms with Gasteiger partial charge in [0.05, 0.1) is 38.7 Å². The molecular formula is C21H19Cl2N5O3. The predicted octanol–water partition coefficient (Wildman–Crippen LogP) is 4.98. The second-order valence-corrected chi connectivity index (χ2v) is 7.11. The lowest BCUT2D eigenvalue weighted by Crippen LogP contribution is -1.99. The van der Waals surface area contributed by atoms with Crippen LogP contribution in [0.4, 0.5) is 11.6 Å². The molecule has 31 heavy (non-hydrogen) atoms. The molecule has 10 heteroatoms. The summed E-state index contributed by atoms with van der Waals surface area (Å²) in [6.45, 7) is 0. The van der Waals surface area contributed by atoms with E-state index < -0.39 is 0 Å². The van der Waals surface area contributed by atoms with E-state index in [1.807, 2.05) is 41.1 Å². The van der Waals surface area contributed by atoms with Crippen LogP contribution < -0.4 is 19.5 Å². The Morgan fingerprint density at radius 1 is 1.00 bits per heavy atom. The highest BCUT2D eigenvalue weighted by molar-refractivity contribution is 6.28. The van der Waals surface area contributed by atoms with E-state index in [1.165, 1.54) is 0 Å². The fourth-order valence-electron chi connectivity index (χ4n) is 3.19. The Labute approximate surface area is 188 Å². The highest BCUT2D eigenvalue weighted by Crippen LogP contribution is 2.39. The summed E-state index contributed by atoms with van der Waals surface area (Å²) in [6.07, 6.45) is 3.48. The molecule has 0 unspecified atom stereocenters. The molecule has 0 saturated carbocycles. The van der Waals surface area contributed by atoms with Crippen molar-refractivity contribution in [2.24, 2.45) is 0 Å². The molecule has 160 valence electrons. The minimum atomic E-state index is 0.130. The van der Waals surface area contributed by atoms with Crippen LogP contribution >= 0.6 is 23.2 Å². The maximum Gasteiger partial charge on any atom is 0.224 e. The van der Waals surface area contributed by atoms with E-state index in [9.17, 15) is 0 Å². The fourth-order valence-corrected chi connectivity index (χ4v) is 3.53. The lowest BCUT2D eigenvalue weighted by atomic mass is 10.1. The predicted molar refractivity (Wildman–Crippen MR) is 121 cm³/mol. The van der Waals surface area contributed by atoms with Crippen molar-refractivity contribution in [2.45, 2.75) is 5.88 Å². The molecule has 0 bridgehead atoms. The number of alkyl halides is 1. The SMILES string of the molecule is COc1cc(-n2cnc(Nc3nc(Cl)nc4cc(CCl)ccc34)c2)cc(OC)c1OC. The molecular weight excluding hydrogens is 441 g/mol. The first-order valence-corrected chi connectivity index (χ1v) is 10.1. The van der Waals surface area contributed by atoms with E-state index in [4.69, 9.17) is 37.4 Å². The molecule has 0 amide bonds. The van der Waals surface area contributed by atoms with Crippen molar-refractivity contribution in [3.63, 3.8) is 0 Å². The summed E-state index contributed by atoms with van der Waals surface area (Å²) >= 11 is 12.1. The van der Waals surface area contributed by atoms with Crippen LogP contribution in [0.5, 0.6) is 17.2 Å². The molecule has 2 heterocycles. The molecule has 0 radical (unpaired) electrons. The van der Waals surface area contributed by atoms with Gasteiger partial charge in [0.15, 0.2) is 11.5 Å². The number of nitrogens with zero attached hydrogens (tertiary/aromatic N) is 4. The topological polar surface area (TPSA) is 83.3 Å². The largest absolute Gasteiger partial charge is 0.493 e. The molecule has 8 nitrogen and oxygen atoms in total. The van der Waals surface area contributed by atoms with Crippen molar-refractivity contribution in [3.05, 3.63) is 53.7 Å². The van der Waals surface area contributed by atoms with Crippen LogP contribution in [0.3, 0.4) is 0 Å². The number of hydrogen-bond acceptors (Lipinski definition) is 7. The van der Waals surface area contributed by atoms with Crippen LogP contribution in [-0.2, 0) is 5.88 Å². The van der Waals surface area contributed by atoms with Gasteiger partial charge in [-0.15, -0.1) is 11.6 Å². The van der Waals surface area contributed by atoms with E-state index in [0.29, 0.717) is 40.3 Å². The van der Waals surface area contributed by atoms with Gasteiger partial charge in [0.1, 0.15) is 18.0 Å². The van der Waals surface area contributed by atoms with Crippen LogP contribution in [0.25, 0.3) is 16.6 Å². The highest BCUT2D eigenvalue weighted by Gasteiger charge is 2.15. The van der Waals surface area contributed by atoms with Crippen LogP contribution in [0.2, 0.25) is 5.28 Å². The molecule has 4 aromatic rings. The molecule has 2 aromatic heterocycles. The van der Waals surface area contributed by atoms with Gasteiger partial charge in [-0.05, 0) is 29.3 Å². The van der Waals surface area contributed by atoms with Crippen LogP contribution in [0.15, 0.2) is 42.9 Å². The number of fused-ring (bicyclic) bond motifs is 1. The summed E-state index contributed by atoms with van der Waals surface area (Å²) in [5, 5.41) is 4.14. The van der Waals surface area contributed by atoms with Gasteiger partial charge in [0.25, 0.3) is 0 Å². The Kier molecular flexibility index (Phi) is 6.01. The number of methoxy groups -OCH3 is 3. The average Bonchev–Trinajstić information content (AvgIpc) is 3.25. The quantitative estimate of drug-likeness (QED) is 0.308. The molecule has 0 atom stereocenters. The maximum atomic E-state index is 6.12. The number of rotatable bonds is 7. The Hall–Kier alpha value is -3.23. The third-order valence-corrected chi connectivity index (χ3v) is 5.14. The Morgan fingerprint density at radius 3 is 2.39 bits per heavy atom. The Balaban J connectivity index is 1.69. The van der Waals surface area contributed by atoms with E-state index in [0.717, 1.165) is 16.6 Å². The number of halogens is 2. The first kappa shape index (κ1) is 21.0. The summed E-state index contributed by atoms with van der Waals surface area (Å²) in [7, 11) is 4.70. The third kappa shape index (κ3) is 4.17. The number of aromatic nitrogens is 4. The summed E-state index contributed by atoms with van der Waals surface area (Å²) in [6, 6.07) is 9.37. The number of nitrogens with one attached hydrogen (secondary N) is 1. The van der Waals surface area contributed by atoms with Crippen molar-refractivity contribution in [3.8, 4) is 22.9 Å². The van der Waals surface area contributed by atoms with Crippen molar-refractivity contribution in [1.82, 2.24) is 19.5 Å². The smallest absolute Gasteiger partial charge is 0.224 e. The number of benzene rings is 2. The van der Waals surface area contributed by atoms with Gasteiger partial charge in [-0.1, -0.05) is 6.07 Å². The zero-order valence-electron chi connectivity index (χ0n) is 17.0. The number of anilines is 2. The second-order valence-electron chi connectivity index (χ2n) is 6.50. The van der Waals surface area contributed by atoms with Crippen LogP contribution in [-0.4, -0.2) is 40.8 Å². The molecule has 0 spiro atoms. The van der Waals surface area contributed by atoms with Gasteiger partial charge >= 0.3 is 0 Å². The molecule has 0 saturated heterocycles. The highest BCUT2D eigenvalue weighted by atomic mass is 35.5. The van der Waals surface area contributed by atoms with Crippen LogP contribution in [0, 0.1) is 0 Å². The molecule has 0 aliphatic heterocycles. The van der Waals surface area contributed by atoms with E-state index in [1.54, 1.807) is 27.7 Å². The van der Waals surface area contributed by atoms with Gasteiger partial charge in [-0.25, -0.2) is 9.97 Å². The van der Waals surface area contributed by atoms with Gasteiger partial charge in [-0.2, -0.15) is 4.98 Å². The van der Waals surface area contributed by atoms with Gasteiger partial charge < -0.3 is 24.1 Å². The lowest BCUT2D eigenvalue weighted by molar-refractivity contribution is 0.324. The molecule has 1 N–H and O–H groups in total. The summed E-state index contributed by atoms with van der Waals surface area (Å²) in [5.41, 5.74) is 2.43. The van der Waals surface area contributed by atoms with Gasteiger partial charge in [-0.3, -0.25) is 0 Å². The van der Waals surface area contributed by atoms with Crippen molar-refractivity contribution in [1.29, 1.82) is 0 Å². The summed E-state index contributed by atoms with van der Waals surface area (Å²) < 4.78 is 18.1. The molecule has 4 rings (SSSR count). The van der Waals surface area contributed by atoms with Crippen molar-refractivity contribution < 1.29 is 14.2 Å². The third-order valence-electron chi connectivity index (χ3n) is 4.67. The normalized spacial score (nSPS) is 10.9. The summed E-state index contributed by atoms with van der Waals surface area (Å²) in [4.78, 5) is 13.0. The first-order chi connectivity index (χ1) is 15.1. The van der Waals surface area contributed by atoms with E-state index in [-0.39, 0.29) is 5.28 Å². The van der Waals surface area contributed by atoms with E-state index >= 15 is 0 Å². The fraction of sp³-hybridized carbons (Fsp3) is 0.190. The minimum absolute atomic E-state index is 0.130.